The Labute approximate surface area is 330 Å². The number of ether oxygens (including phenoxy) is 1. The van der Waals surface area contributed by atoms with Gasteiger partial charge in [-0.3, -0.25) is 23.4 Å². The van der Waals surface area contributed by atoms with Crippen molar-refractivity contribution in [2.75, 3.05) is 62.5 Å². The summed E-state index contributed by atoms with van der Waals surface area (Å²) < 4.78 is 61.3. The highest BCUT2D eigenvalue weighted by Gasteiger charge is 2.36. The van der Waals surface area contributed by atoms with Crippen molar-refractivity contribution in [1.29, 1.82) is 0 Å². The fraction of sp³-hybridized carbons (Fsp3) is 0.400. The normalized spacial score (nSPS) is 16.0. The lowest BCUT2D eigenvalue weighted by Crippen LogP contribution is -2.44. The first-order valence-corrected chi connectivity index (χ1v) is 21.6. The number of para-hydroxylation sites is 2. The van der Waals surface area contributed by atoms with Crippen LogP contribution in [-0.2, 0) is 37.9 Å². The SMILES string of the molecule is CN1CCC(S(=O)(=O)N(Cc2ccc(C(=O)CN)cn2)c2ccccc2)CC1.COC(=O)c1ccc(CN(c2ccccc2)S(=O)(=O)C2CCN(C)CC2)nc1. The van der Waals surface area contributed by atoms with Crippen molar-refractivity contribution in [3.05, 3.63) is 120 Å². The highest BCUT2D eigenvalue weighted by atomic mass is 32.2. The van der Waals surface area contributed by atoms with E-state index in [-0.39, 0.29) is 25.4 Å². The highest BCUT2D eigenvalue weighted by Crippen LogP contribution is 2.29. The van der Waals surface area contributed by atoms with E-state index in [0.717, 1.165) is 26.2 Å². The molecule has 2 fully saturated rings. The molecule has 16 heteroatoms. The molecule has 0 radical (unpaired) electrons. The van der Waals surface area contributed by atoms with Gasteiger partial charge in [0.15, 0.2) is 5.78 Å². The molecule has 0 spiro atoms. The predicted octanol–water partition coefficient (Wildman–Crippen LogP) is 3.95. The molecular formula is C40H51N7O7S2. The summed E-state index contributed by atoms with van der Waals surface area (Å²) in [6.07, 6.45) is 5.30. The van der Waals surface area contributed by atoms with E-state index in [4.69, 9.17) is 5.73 Å². The lowest BCUT2D eigenvalue weighted by Gasteiger charge is -2.33. The summed E-state index contributed by atoms with van der Waals surface area (Å²) in [6, 6.07) is 24.7. The molecule has 2 aromatic heterocycles. The van der Waals surface area contributed by atoms with Gasteiger partial charge in [0.25, 0.3) is 0 Å². The molecule has 0 amide bonds. The van der Waals surface area contributed by atoms with Gasteiger partial charge in [-0.1, -0.05) is 36.4 Å². The van der Waals surface area contributed by atoms with E-state index in [1.165, 1.54) is 28.1 Å². The highest BCUT2D eigenvalue weighted by molar-refractivity contribution is 7.93. The number of benzene rings is 2. The van der Waals surface area contributed by atoms with E-state index in [1.807, 2.05) is 50.5 Å². The van der Waals surface area contributed by atoms with Gasteiger partial charge in [-0.25, -0.2) is 21.6 Å². The second kappa shape index (κ2) is 19.4. The molecule has 2 saturated heterocycles. The molecule has 4 aromatic rings. The van der Waals surface area contributed by atoms with E-state index in [0.29, 0.717) is 59.6 Å². The molecule has 4 heterocycles. The topological polar surface area (TPSA) is 176 Å². The number of hydrogen-bond acceptors (Lipinski definition) is 12. The minimum absolute atomic E-state index is 0.0817. The molecule has 300 valence electrons. The Balaban J connectivity index is 0.000000214. The minimum atomic E-state index is -3.55. The van der Waals surface area contributed by atoms with Gasteiger partial charge >= 0.3 is 5.97 Å². The van der Waals surface area contributed by atoms with E-state index >= 15 is 0 Å². The molecule has 0 unspecified atom stereocenters. The van der Waals surface area contributed by atoms with Gasteiger partial charge in [-0.05, 0) is 114 Å². The van der Waals surface area contributed by atoms with Crippen molar-refractivity contribution in [3.8, 4) is 0 Å². The fourth-order valence-corrected chi connectivity index (χ4v) is 10.4. The van der Waals surface area contributed by atoms with Crippen molar-refractivity contribution in [1.82, 2.24) is 19.8 Å². The van der Waals surface area contributed by atoms with E-state index < -0.39 is 36.5 Å². The number of carbonyl (C=O) groups excluding carboxylic acids is 2. The van der Waals surface area contributed by atoms with Crippen LogP contribution in [0.25, 0.3) is 0 Å². The first-order valence-electron chi connectivity index (χ1n) is 18.5. The molecule has 2 aliphatic rings. The molecule has 0 atom stereocenters. The van der Waals surface area contributed by atoms with Crippen LogP contribution in [0.4, 0.5) is 11.4 Å². The smallest absolute Gasteiger partial charge is 0.339 e. The standard InChI is InChI=1S/C20H26N4O3S.C20H25N3O4S/c1-23-11-9-19(10-12-23)28(26,27)24(18-5-3-2-4-6-18)15-17-8-7-16(14-22-17)20(25)13-21;1-22-12-10-19(11-13-22)28(25,26)23(18-6-4-3-5-7-18)15-17-9-8-16(14-21-17)20(24)27-2/h2-8,14,19H,9-13,15,21H2,1H3;3-9,14,19H,10-13,15H2,1-2H3. The van der Waals surface area contributed by atoms with Gasteiger partial charge < -0.3 is 20.3 Å². The van der Waals surface area contributed by atoms with Crippen LogP contribution < -0.4 is 14.3 Å². The van der Waals surface area contributed by atoms with Gasteiger partial charge in [0.2, 0.25) is 20.0 Å². The number of nitrogens with two attached hydrogens (primary N) is 1. The summed E-state index contributed by atoms with van der Waals surface area (Å²) in [5.41, 5.74) is 8.50. The lowest BCUT2D eigenvalue weighted by atomic mass is 10.1. The number of sulfonamides is 2. The zero-order valence-corrected chi connectivity index (χ0v) is 33.7. The zero-order chi connectivity index (χ0) is 40.3. The molecular weight excluding hydrogens is 755 g/mol. The number of anilines is 2. The van der Waals surface area contributed by atoms with Crippen LogP contribution in [0.5, 0.6) is 0 Å². The quantitative estimate of drug-likeness (QED) is 0.152. The molecule has 6 rings (SSSR count). The van der Waals surface area contributed by atoms with Crippen molar-refractivity contribution in [3.63, 3.8) is 0 Å². The number of ketones is 1. The Bertz CT molecular complexity index is 1940. The van der Waals surface area contributed by atoms with Crippen LogP contribution in [0.3, 0.4) is 0 Å². The van der Waals surface area contributed by atoms with Gasteiger partial charge in [-0.2, -0.15) is 0 Å². The number of hydrogen-bond donors (Lipinski definition) is 1. The molecule has 56 heavy (non-hydrogen) atoms. The maximum absolute atomic E-state index is 13.4. The number of esters is 1. The predicted molar refractivity (Wildman–Crippen MR) is 217 cm³/mol. The number of pyridine rings is 2. The molecule has 0 saturated carbocycles. The minimum Gasteiger partial charge on any atom is -0.465 e. The van der Waals surface area contributed by atoms with Gasteiger partial charge in [0, 0.05) is 18.0 Å². The second-order valence-electron chi connectivity index (χ2n) is 14.0. The number of carbonyl (C=O) groups is 2. The summed E-state index contributed by atoms with van der Waals surface area (Å²) in [7, 11) is -1.79. The fourth-order valence-electron chi connectivity index (χ4n) is 6.62. The van der Waals surface area contributed by atoms with Crippen LogP contribution in [0.15, 0.2) is 97.3 Å². The van der Waals surface area contributed by atoms with Crippen LogP contribution in [0.1, 0.15) is 57.8 Å². The second-order valence-corrected chi connectivity index (χ2v) is 18.2. The van der Waals surface area contributed by atoms with Crippen LogP contribution >= 0.6 is 0 Å². The summed E-state index contributed by atoms with van der Waals surface area (Å²) in [5, 5.41) is -0.833. The van der Waals surface area contributed by atoms with Crippen molar-refractivity contribution in [2.45, 2.75) is 49.3 Å². The van der Waals surface area contributed by atoms with Crippen molar-refractivity contribution in [2.24, 2.45) is 5.73 Å². The average Bonchev–Trinajstić information content (AvgIpc) is 3.23. The number of rotatable bonds is 13. The van der Waals surface area contributed by atoms with E-state index in [9.17, 15) is 26.4 Å². The van der Waals surface area contributed by atoms with E-state index in [2.05, 4.69) is 24.5 Å². The first kappa shape index (κ1) is 42.4. The molecule has 14 nitrogen and oxygen atoms in total. The number of methoxy groups -OCH3 is 1. The number of nitrogens with zero attached hydrogens (tertiary/aromatic N) is 6. The summed E-state index contributed by atoms with van der Waals surface area (Å²) in [4.78, 5) is 36.1. The van der Waals surface area contributed by atoms with E-state index in [1.54, 1.807) is 48.5 Å². The Morgan fingerprint density at radius 3 is 1.39 bits per heavy atom. The first-order chi connectivity index (χ1) is 26.8. The molecule has 2 aromatic carbocycles. The maximum Gasteiger partial charge on any atom is 0.339 e. The van der Waals surface area contributed by atoms with Gasteiger partial charge in [-0.15, -0.1) is 0 Å². The number of piperidine rings is 2. The molecule has 2 N–H and O–H groups in total. The maximum atomic E-state index is 13.4. The lowest BCUT2D eigenvalue weighted by molar-refractivity contribution is 0.0600. The van der Waals surface area contributed by atoms with Gasteiger partial charge in [0.05, 0.1) is 65.6 Å². The van der Waals surface area contributed by atoms with Crippen LogP contribution in [0.2, 0.25) is 0 Å². The third-order valence-corrected chi connectivity index (χ3v) is 14.6. The Morgan fingerprint density at radius 2 is 1.05 bits per heavy atom. The molecule has 0 aliphatic carbocycles. The third kappa shape index (κ3) is 10.8. The summed E-state index contributed by atoms with van der Waals surface area (Å²) in [6.45, 7) is 3.20. The monoisotopic (exact) mass is 805 g/mol. The summed E-state index contributed by atoms with van der Waals surface area (Å²) in [5.74, 6) is -0.671. The Kier molecular flexibility index (Phi) is 14.7. The van der Waals surface area contributed by atoms with Crippen LogP contribution in [0, 0.1) is 0 Å². The van der Waals surface area contributed by atoms with Gasteiger partial charge in [0.1, 0.15) is 0 Å². The zero-order valence-electron chi connectivity index (χ0n) is 32.1. The number of Topliss-reactive ketones (excluding diaryl/α,β-unsaturated/α-hetero) is 1. The third-order valence-electron chi connectivity index (χ3n) is 10.1. The molecule has 2 aliphatic heterocycles. The van der Waals surface area contributed by atoms with Crippen LogP contribution in [-0.4, -0.2) is 113 Å². The molecule has 0 bridgehead atoms. The summed E-state index contributed by atoms with van der Waals surface area (Å²) >= 11 is 0. The number of aromatic nitrogens is 2. The number of likely N-dealkylation sites (tertiary alicyclic amines) is 2. The van der Waals surface area contributed by atoms with Crippen molar-refractivity contribution >= 4 is 43.2 Å². The Morgan fingerprint density at radius 1 is 0.661 bits per heavy atom. The average molecular weight is 806 g/mol. The Hall–Kier alpha value is -4.74. The largest absolute Gasteiger partial charge is 0.465 e. The van der Waals surface area contributed by atoms with Crippen molar-refractivity contribution < 1.29 is 31.2 Å².